The highest BCUT2D eigenvalue weighted by Crippen LogP contribution is 2.19. The number of amides is 1. The normalized spacial score (nSPS) is 24.5. The molecule has 1 N–H and O–H groups in total. The van der Waals surface area contributed by atoms with E-state index in [0.29, 0.717) is 25.7 Å². The van der Waals surface area contributed by atoms with Gasteiger partial charge in [0.25, 0.3) is 0 Å². The quantitative estimate of drug-likeness (QED) is 0.785. The maximum atomic E-state index is 12.1. The van der Waals surface area contributed by atoms with Crippen LogP contribution in [-0.2, 0) is 14.3 Å². The molecule has 1 aliphatic carbocycles. The van der Waals surface area contributed by atoms with Crippen LogP contribution in [-0.4, -0.2) is 49.1 Å². The van der Waals surface area contributed by atoms with Crippen molar-refractivity contribution in [3.63, 3.8) is 0 Å². The fourth-order valence-electron chi connectivity index (χ4n) is 3.37. The molecule has 120 valence electrons. The summed E-state index contributed by atoms with van der Waals surface area (Å²) in [6.07, 6.45) is 7.78. The van der Waals surface area contributed by atoms with E-state index in [-0.39, 0.29) is 17.8 Å². The summed E-state index contributed by atoms with van der Waals surface area (Å²) in [5.41, 5.74) is 0. The summed E-state index contributed by atoms with van der Waals surface area (Å²) in [7, 11) is 0. The Bertz CT molecular complexity index is 353. The van der Waals surface area contributed by atoms with Crippen molar-refractivity contribution in [1.82, 2.24) is 10.2 Å². The number of rotatable bonds is 5. The number of piperidine rings is 1. The van der Waals surface area contributed by atoms with Crippen LogP contribution in [0.25, 0.3) is 0 Å². The molecule has 1 saturated heterocycles. The number of nitrogens with one attached hydrogen (secondary N) is 1. The molecule has 1 saturated carbocycles. The van der Waals surface area contributed by atoms with Crippen molar-refractivity contribution in [3.8, 4) is 0 Å². The Labute approximate surface area is 127 Å². The van der Waals surface area contributed by atoms with Crippen LogP contribution in [0.4, 0.5) is 0 Å². The average Bonchev–Trinajstić information content (AvgIpc) is 2.48. The molecule has 1 atom stereocenters. The number of ether oxygens (including phenoxy) is 1. The van der Waals surface area contributed by atoms with E-state index < -0.39 is 0 Å². The van der Waals surface area contributed by atoms with Crippen molar-refractivity contribution in [2.45, 2.75) is 57.9 Å². The van der Waals surface area contributed by atoms with Crippen molar-refractivity contribution < 1.29 is 14.3 Å². The highest BCUT2D eigenvalue weighted by Gasteiger charge is 2.28. The van der Waals surface area contributed by atoms with Crippen LogP contribution >= 0.6 is 0 Å². The molecule has 2 aliphatic rings. The van der Waals surface area contributed by atoms with Crippen LogP contribution < -0.4 is 5.32 Å². The Balaban J connectivity index is 1.73. The average molecular weight is 296 g/mol. The van der Waals surface area contributed by atoms with Gasteiger partial charge in [-0.25, -0.2) is 0 Å². The van der Waals surface area contributed by atoms with Gasteiger partial charge < -0.3 is 10.1 Å². The predicted molar refractivity (Wildman–Crippen MR) is 80.8 cm³/mol. The standard InChI is InChI=1S/C16H28N2O3/c1-2-21-16(20)13-7-6-10-18(11-13)12-15(19)17-14-8-4-3-5-9-14/h13-14H,2-12H2,1H3,(H,17,19)/t13-/m0/s1. The zero-order valence-corrected chi connectivity index (χ0v) is 13.1. The van der Waals surface area contributed by atoms with Gasteiger partial charge in [0.2, 0.25) is 5.91 Å². The van der Waals surface area contributed by atoms with Gasteiger partial charge in [0, 0.05) is 12.6 Å². The molecule has 0 spiro atoms. The SMILES string of the molecule is CCOC(=O)[C@H]1CCCN(CC(=O)NC2CCCCC2)C1. The van der Waals surface area contributed by atoms with Gasteiger partial charge >= 0.3 is 5.97 Å². The van der Waals surface area contributed by atoms with E-state index >= 15 is 0 Å². The van der Waals surface area contributed by atoms with Crippen LogP contribution in [0.2, 0.25) is 0 Å². The lowest BCUT2D eigenvalue weighted by molar-refractivity contribution is -0.150. The van der Waals surface area contributed by atoms with E-state index in [1.54, 1.807) is 0 Å². The minimum Gasteiger partial charge on any atom is -0.466 e. The highest BCUT2D eigenvalue weighted by atomic mass is 16.5. The van der Waals surface area contributed by atoms with Gasteiger partial charge in [0.15, 0.2) is 0 Å². The number of esters is 1. The molecule has 21 heavy (non-hydrogen) atoms. The summed E-state index contributed by atoms with van der Waals surface area (Å²) in [5.74, 6) is -0.0810. The summed E-state index contributed by atoms with van der Waals surface area (Å²) < 4.78 is 5.09. The van der Waals surface area contributed by atoms with Crippen LogP contribution in [0.1, 0.15) is 51.9 Å². The van der Waals surface area contributed by atoms with Gasteiger partial charge in [-0.15, -0.1) is 0 Å². The third-order valence-corrected chi connectivity index (χ3v) is 4.46. The summed E-state index contributed by atoms with van der Waals surface area (Å²) in [6, 6.07) is 0.358. The summed E-state index contributed by atoms with van der Waals surface area (Å²) >= 11 is 0. The van der Waals surface area contributed by atoms with Crippen molar-refractivity contribution >= 4 is 11.9 Å². The molecule has 0 aromatic carbocycles. The number of likely N-dealkylation sites (tertiary alicyclic amines) is 1. The lowest BCUT2D eigenvalue weighted by atomic mass is 9.95. The zero-order valence-electron chi connectivity index (χ0n) is 13.1. The van der Waals surface area contributed by atoms with Crippen LogP contribution in [0.15, 0.2) is 0 Å². The fraction of sp³-hybridized carbons (Fsp3) is 0.875. The van der Waals surface area contributed by atoms with E-state index in [2.05, 4.69) is 10.2 Å². The number of carbonyl (C=O) groups is 2. The molecule has 2 fully saturated rings. The molecule has 0 bridgehead atoms. The van der Waals surface area contributed by atoms with Crippen molar-refractivity contribution in [2.24, 2.45) is 5.92 Å². The number of hydrogen-bond acceptors (Lipinski definition) is 4. The van der Waals surface area contributed by atoms with Crippen LogP contribution in [0.3, 0.4) is 0 Å². The molecule has 2 rings (SSSR count). The van der Waals surface area contributed by atoms with Crippen LogP contribution in [0, 0.1) is 5.92 Å². The predicted octanol–water partition coefficient (Wildman–Crippen LogP) is 1.71. The second kappa shape index (κ2) is 8.37. The summed E-state index contributed by atoms with van der Waals surface area (Å²) in [6.45, 7) is 4.21. The molecule has 0 unspecified atom stereocenters. The first-order chi connectivity index (χ1) is 10.2. The molecule has 0 radical (unpaired) electrons. The molecule has 5 nitrogen and oxygen atoms in total. The topological polar surface area (TPSA) is 58.6 Å². The first-order valence-electron chi connectivity index (χ1n) is 8.37. The molecule has 0 aromatic rings. The van der Waals surface area contributed by atoms with E-state index in [1.165, 1.54) is 19.3 Å². The van der Waals surface area contributed by atoms with Crippen molar-refractivity contribution in [2.75, 3.05) is 26.2 Å². The number of hydrogen-bond donors (Lipinski definition) is 1. The van der Waals surface area contributed by atoms with Gasteiger partial charge in [-0.3, -0.25) is 14.5 Å². The molecule has 1 aliphatic heterocycles. The fourth-order valence-corrected chi connectivity index (χ4v) is 3.37. The number of carbonyl (C=O) groups excluding carboxylic acids is 2. The van der Waals surface area contributed by atoms with Gasteiger partial charge in [-0.2, -0.15) is 0 Å². The number of nitrogens with zero attached hydrogens (tertiary/aromatic N) is 1. The Morgan fingerprint density at radius 2 is 1.90 bits per heavy atom. The molecular weight excluding hydrogens is 268 g/mol. The lowest BCUT2D eigenvalue weighted by Crippen LogP contribution is -2.47. The van der Waals surface area contributed by atoms with Gasteiger partial charge in [0.05, 0.1) is 19.1 Å². The zero-order chi connectivity index (χ0) is 15.1. The minimum absolute atomic E-state index is 0.0684. The van der Waals surface area contributed by atoms with E-state index in [9.17, 15) is 9.59 Å². The third-order valence-electron chi connectivity index (χ3n) is 4.46. The second-order valence-corrected chi connectivity index (χ2v) is 6.23. The molecule has 5 heteroatoms. The molecule has 0 aromatic heterocycles. The largest absolute Gasteiger partial charge is 0.466 e. The van der Waals surface area contributed by atoms with Crippen molar-refractivity contribution in [3.05, 3.63) is 0 Å². The first-order valence-corrected chi connectivity index (χ1v) is 8.37. The van der Waals surface area contributed by atoms with Gasteiger partial charge in [0.1, 0.15) is 0 Å². The maximum Gasteiger partial charge on any atom is 0.310 e. The Kier molecular flexibility index (Phi) is 6.49. The Hall–Kier alpha value is -1.10. The van der Waals surface area contributed by atoms with Gasteiger partial charge in [-0.1, -0.05) is 19.3 Å². The van der Waals surface area contributed by atoms with Crippen molar-refractivity contribution in [1.29, 1.82) is 0 Å². The smallest absolute Gasteiger partial charge is 0.310 e. The monoisotopic (exact) mass is 296 g/mol. The first kappa shape index (κ1) is 16.3. The Morgan fingerprint density at radius 1 is 1.14 bits per heavy atom. The van der Waals surface area contributed by atoms with Crippen LogP contribution in [0.5, 0.6) is 0 Å². The maximum absolute atomic E-state index is 12.1. The highest BCUT2D eigenvalue weighted by molar-refractivity contribution is 5.78. The Morgan fingerprint density at radius 3 is 2.62 bits per heavy atom. The third kappa shape index (κ3) is 5.30. The van der Waals surface area contributed by atoms with E-state index in [1.807, 2.05) is 6.92 Å². The van der Waals surface area contributed by atoms with Gasteiger partial charge in [-0.05, 0) is 39.2 Å². The molecular formula is C16H28N2O3. The summed E-state index contributed by atoms with van der Waals surface area (Å²) in [5, 5.41) is 3.14. The second-order valence-electron chi connectivity index (χ2n) is 6.23. The van der Waals surface area contributed by atoms with E-state index in [0.717, 1.165) is 32.2 Å². The molecule has 1 amide bonds. The van der Waals surface area contributed by atoms with E-state index in [4.69, 9.17) is 4.74 Å². The summed E-state index contributed by atoms with van der Waals surface area (Å²) in [4.78, 5) is 26.0. The minimum atomic E-state index is -0.116. The molecule has 1 heterocycles. The lowest BCUT2D eigenvalue weighted by Gasteiger charge is -2.31.